The van der Waals surface area contributed by atoms with E-state index < -0.39 is 6.04 Å². The fourth-order valence-corrected chi connectivity index (χ4v) is 3.46. The van der Waals surface area contributed by atoms with Crippen LogP contribution in [0.25, 0.3) is 0 Å². The maximum atomic E-state index is 12.4. The van der Waals surface area contributed by atoms with Crippen LogP contribution in [-0.2, 0) is 16.1 Å². The summed E-state index contributed by atoms with van der Waals surface area (Å²) < 4.78 is 1.75. The predicted molar refractivity (Wildman–Crippen MR) is 88.5 cm³/mol. The summed E-state index contributed by atoms with van der Waals surface area (Å²) in [6, 6.07) is -0.428. The Bertz CT molecular complexity index is 582. The molecule has 0 bridgehead atoms. The van der Waals surface area contributed by atoms with Crippen LogP contribution >= 0.6 is 11.8 Å². The van der Waals surface area contributed by atoms with E-state index in [0.717, 1.165) is 13.0 Å². The lowest BCUT2D eigenvalue weighted by Crippen LogP contribution is -2.44. The number of amides is 2. The SMILES string of the molecule is CC/C=C(\C)C(=O)N1CSC[C@@H]1C(=O)Nc1cnn(CC)c1. The molecule has 6 nitrogen and oxygen atoms in total. The summed E-state index contributed by atoms with van der Waals surface area (Å²) in [5.74, 6) is 0.966. The van der Waals surface area contributed by atoms with E-state index in [0.29, 0.717) is 22.9 Å². The van der Waals surface area contributed by atoms with Gasteiger partial charge in [-0.15, -0.1) is 11.8 Å². The second-order valence-electron chi connectivity index (χ2n) is 5.16. The van der Waals surface area contributed by atoms with Gasteiger partial charge in [-0.2, -0.15) is 5.10 Å². The molecule has 2 heterocycles. The van der Waals surface area contributed by atoms with Gasteiger partial charge in [0.15, 0.2) is 0 Å². The number of carbonyl (C=O) groups excluding carboxylic acids is 2. The Labute approximate surface area is 134 Å². The maximum Gasteiger partial charge on any atom is 0.250 e. The van der Waals surface area contributed by atoms with Gasteiger partial charge in [-0.25, -0.2) is 0 Å². The molecule has 1 aromatic heterocycles. The Morgan fingerprint density at radius 2 is 2.27 bits per heavy atom. The Morgan fingerprint density at radius 3 is 2.91 bits per heavy atom. The molecule has 2 rings (SSSR count). The number of hydrogen-bond donors (Lipinski definition) is 1. The van der Waals surface area contributed by atoms with Crippen molar-refractivity contribution in [2.45, 2.75) is 39.8 Å². The van der Waals surface area contributed by atoms with Gasteiger partial charge >= 0.3 is 0 Å². The van der Waals surface area contributed by atoms with Crippen molar-refractivity contribution in [2.75, 3.05) is 16.9 Å². The summed E-state index contributed by atoms with van der Waals surface area (Å²) in [6.45, 7) is 6.52. The largest absolute Gasteiger partial charge is 0.322 e. The van der Waals surface area contributed by atoms with Gasteiger partial charge in [0.2, 0.25) is 5.91 Å². The smallest absolute Gasteiger partial charge is 0.250 e. The van der Waals surface area contributed by atoms with Crippen molar-refractivity contribution in [3.8, 4) is 0 Å². The molecule has 22 heavy (non-hydrogen) atoms. The van der Waals surface area contributed by atoms with Crippen molar-refractivity contribution in [1.82, 2.24) is 14.7 Å². The van der Waals surface area contributed by atoms with Gasteiger partial charge in [-0.05, 0) is 20.3 Å². The number of nitrogens with zero attached hydrogens (tertiary/aromatic N) is 3. The first-order valence-electron chi connectivity index (χ1n) is 7.45. The highest BCUT2D eigenvalue weighted by Crippen LogP contribution is 2.24. The highest BCUT2D eigenvalue weighted by molar-refractivity contribution is 7.99. The molecule has 0 saturated carbocycles. The van der Waals surface area contributed by atoms with Crippen LogP contribution in [-0.4, -0.2) is 44.2 Å². The van der Waals surface area contributed by atoms with Crippen molar-refractivity contribution in [2.24, 2.45) is 0 Å². The molecule has 0 spiro atoms. The van der Waals surface area contributed by atoms with Crippen LogP contribution in [0.1, 0.15) is 27.2 Å². The molecule has 0 aromatic carbocycles. The molecule has 0 unspecified atom stereocenters. The first kappa shape index (κ1) is 16.6. The van der Waals surface area contributed by atoms with Gasteiger partial charge < -0.3 is 10.2 Å². The molecule has 1 aromatic rings. The van der Waals surface area contributed by atoms with Gasteiger partial charge in [0.25, 0.3) is 5.91 Å². The van der Waals surface area contributed by atoms with Crippen molar-refractivity contribution >= 4 is 29.3 Å². The molecule has 0 aliphatic carbocycles. The third kappa shape index (κ3) is 3.71. The van der Waals surface area contributed by atoms with E-state index in [2.05, 4.69) is 10.4 Å². The van der Waals surface area contributed by atoms with E-state index >= 15 is 0 Å². The van der Waals surface area contributed by atoms with Crippen LogP contribution in [0.5, 0.6) is 0 Å². The number of hydrogen-bond acceptors (Lipinski definition) is 4. The minimum atomic E-state index is -0.428. The van der Waals surface area contributed by atoms with Crippen LogP contribution in [0.15, 0.2) is 24.0 Å². The quantitative estimate of drug-likeness (QED) is 0.843. The normalized spacial score (nSPS) is 18.6. The van der Waals surface area contributed by atoms with Crippen molar-refractivity contribution in [3.63, 3.8) is 0 Å². The van der Waals surface area contributed by atoms with Crippen LogP contribution in [0, 0.1) is 0 Å². The molecular formula is C15H22N4O2S. The molecule has 120 valence electrons. The average molecular weight is 322 g/mol. The number of aromatic nitrogens is 2. The molecular weight excluding hydrogens is 300 g/mol. The van der Waals surface area contributed by atoms with E-state index in [1.807, 2.05) is 19.9 Å². The van der Waals surface area contributed by atoms with Crippen molar-refractivity contribution < 1.29 is 9.59 Å². The zero-order chi connectivity index (χ0) is 16.1. The molecule has 1 aliphatic heterocycles. The number of anilines is 1. The summed E-state index contributed by atoms with van der Waals surface area (Å²) in [5.41, 5.74) is 1.36. The first-order valence-corrected chi connectivity index (χ1v) is 8.61. The monoisotopic (exact) mass is 322 g/mol. The minimum Gasteiger partial charge on any atom is -0.322 e. The van der Waals surface area contributed by atoms with Gasteiger partial charge in [-0.3, -0.25) is 14.3 Å². The molecule has 1 fully saturated rings. The summed E-state index contributed by atoms with van der Waals surface area (Å²) in [5, 5.41) is 6.97. The Hall–Kier alpha value is -1.76. The summed E-state index contributed by atoms with van der Waals surface area (Å²) in [4.78, 5) is 26.5. The lowest BCUT2D eigenvalue weighted by Gasteiger charge is -2.23. The number of carbonyl (C=O) groups is 2. The molecule has 1 N–H and O–H groups in total. The third-order valence-corrected chi connectivity index (χ3v) is 4.53. The van der Waals surface area contributed by atoms with Crippen LogP contribution in [0.4, 0.5) is 5.69 Å². The van der Waals surface area contributed by atoms with E-state index in [-0.39, 0.29) is 11.8 Å². The minimum absolute atomic E-state index is 0.0590. The van der Waals surface area contributed by atoms with E-state index in [1.54, 1.807) is 40.7 Å². The highest BCUT2D eigenvalue weighted by Gasteiger charge is 2.35. The molecule has 7 heteroatoms. The fraction of sp³-hybridized carbons (Fsp3) is 0.533. The second-order valence-corrected chi connectivity index (χ2v) is 6.16. The molecule has 1 aliphatic rings. The van der Waals surface area contributed by atoms with Crippen molar-refractivity contribution in [1.29, 1.82) is 0 Å². The van der Waals surface area contributed by atoms with Gasteiger partial charge in [0.05, 0.1) is 17.8 Å². The summed E-state index contributed by atoms with van der Waals surface area (Å²) in [7, 11) is 0. The molecule has 0 radical (unpaired) electrons. The fourth-order valence-electron chi connectivity index (χ4n) is 2.31. The summed E-state index contributed by atoms with van der Waals surface area (Å²) in [6.07, 6.45) is 6.11. The third-order valence-electron chi connectivity index (χ3n) is 3.52. The molecule has 1 saturated heterocycles. The van der Waals surface area contributed by atoms with E-state index in [9.17, 15) is 9.59 Å². The topological polar surface area (TPSA) is 67.2 Å². The zero-order valence-electron chi connectivity index (χ0n) is 13.2. The molecule has 2 amide bonds. The number of rotatable bonds is 5. The summed E-state index contributed by atoms with van der Waals surface area (Å²) >= 11 is 1.60. The van der Waals surface area contributed by atoms with Gasteiger partial charge in [-0.1, -0.05) is 13.0 Å². The second kappa shape index (κ2) is 7.49. The van der Waals surface area contributed by atoms with Crippen LogP contribution in [0.2, 0.25) is 0 Å². The number of aryl methyl sites for hydroxylation is 1. The van der Waals surface area contributed by atoms with Gasteiger partial charge in [0, 0.05) is 24.1 Å². The zero-order valence-corrected chi connectivity index (χ0v) is 14.0. The van der Waals surface area contributed by atoms with Crippen molar-refractivity contribution in [3.05, 3.63) is 24.0 Å². The highest BCUT2D eigenvalue weighted by atomic mass is 32.2. The Balaban J connectivity index is 2.04. The van der Waals surface area contributed by atoms with E-state index in [1.165, 1.54) is 0 Å². The number of allylic oxidation sites excluding steroid dienone is 1. The number of thioether (sulfide) groups is 1. The average Bonchev–Trinajstić information content (AvgIpc) is 3.15. The standard InChI is InChI=1S/C15H22N4O2S/c1-4-6-11(3)15(21)19-10-22-9-13(19)14(20)17-12-7-16-18(5-2)8-12/h6-8,13H,4-5,9-10H2,1-3H3,(H,17,20)/b11-6+/t13-/m1/s1. The predicted octanol–water partition coefficient (Wildman–Crippen LogP) is 2.10. The Kier molecular flexibility index (Phi) is 5.65. The lowest BCUT2D eigenvalue weighted by molar-refractivity contribution is -0.133. The van der Waals surface area contributed by atoms with E-state index in [4.69, 9.17) is 0 Å². The van der Waals surface area contributed by atoms with Crippen LogP contribution < -0.4 is 5.32 Å². The van der Waals surface area contributed by atoms with Crippen LogP contribution in [0.3, 0.4) is 0 Å². The Morgan fingerprint density at radius 1 is 1.50 bits per heavy atom. The van der Waals surface area contributed by atoms with Gasteiger partial charge in [0.1, 0.15) is 6.04 Å². The lowest BCUT2D eigenvalue weighted by atomic mass is 10.2. The molecule has 1 atom stereocenters. The number of nitrogens with one attached hydrogen (secondary N) is 1. The maximum absolute atomic E-state index is 12.4. The first-order chi connectivity index (χ1) is 10.6.